The number of aromatic nitrogens is 1. The van der Waals surface area contributed by atoms with Crippen LogP contribution in [0.1, 0.15) is 16.1 Å². The summed E-state index contributed by atoms with van der Waals surface area (Å²) in [5.74, 6) is -2.02. The zero-order valence-corrected chi connectivity index (χ0v) is 10.2. The number of rotatable bonds is 5. The van der Waals surface area contributed by atoms with Gasteiger partial charge < -0.3 is 10.0 Å². The van der Waals surface area contributed by atoms with E-state index in [2.05, 4.69) is 11.6 Å². The largest absolute Gasteiger partial charge is 0.480 e. The van der Waals surface area contributed by atoms with Crippen molar-refractivity contribution in [2.24, 2.45) is 0 Å². The lowest BCUT2D eigenvalue weighted by Crippen LogP contribution is -2.36. The first-order valence-corrected chi connectivity index (χ1v) is 5.41. The number of carboxylic acids is 1. The van der Waals surface area contributed by atoms with Crippen molar-refractivity contribution in [3.8, 4) is 0 Å². The fraction of sp³-hybridized carbons (Fsp3) is 0.250. The molecule has 1 rings (SSSR count). The molecule has 8 heteroatoms. The Bertz CT molecular complexity index is 512. The van der Waals surface area contributed by atoms with E-state index in [0.29, 0.717) is 12.3 Å². The van der Waals surface area contributed by atoms with Crippen molar-refractivity contribution < 1.29 is 27.9 Å². The van der Waals surface area contributed by atoms with Crippen LogP contribution in [-0.2, 0) is 11.0 Å². The van der Waals surface area contributed by atoms with E-state index in [0.717, 1.165) is 11.0 Å². The number of carboxylic acid groups (broad SMARTS) is 1. The summed E-state index contributed by atoms with van der Waals surface area (Å²) >= 11 is 0. The molecule has 0 radical (unpaired) electrons. The van der Waals surface area contributed by atoms with Gasteiger partial charge in [0.1, 0.15) is 12.2 Å². The van der Waals surface area contributed by atoms with Crippen LogP contribution in [0.15, 0.2) is 31.0 Å². The number of aliphatic carboxylic acids is 1. The summed E-state index contributed by atoms with van der Waals surface area (Å²) < 4.78 is 37.0. The van der Waals surface area contributed by atoms with Gasteiger partial charge in [-0.1, -0.05) is 6.08 Å². The highest BCUT2D eigenvalue weighted by molar-refractivity contribution is 5.94. The van der Waals surface area contributed by atoms with Crippen molar-refractivity contribution in [2.75, 3.05) is 13.1 Å². The smallest absolute Gasteiger partial charge is 0.417 e. The SMILES string of the molecule is C=CCN(CC(=O)O)C(=O)c1ccc(C(F)(F)F)cn1. The molecule has 0 bridgehead atoms. The summed E-state index contributed by atoms with van der Waals surface area (Å²) in [6.45, 7) is 2.74. The van der Waals surface area contributed by atoms with Gasteiger partial charge in [0.2, 0.25) is 0 Å². The third-order valence-electron chi connectivity index (χ3n) is 2.27. The van der Waals surface area contributed by atoms with Crippen molar-refractivity contribution >= 4 is 11.9 Å². The van der Waals surface area contributed by atoms with Gasteiger partial charge in [-0.05, 0) is 12.1 Å². The maximum atomic E-state index is 12.3. The van der Waals surface area contributed by atoms with Gasteiger partial charge in [-0.2, -0.15) is 13.2 Å². The van der Waals surface area contributed by atoms with E-state index in [1.54, 1.807) is 0 Å². The Morgan fingerprint density at radius 2 is 2.05 bits per heavy atom. The number of hydrogen-bond donors (Lipinski definition) is 1. The topological polar surface area (TPSA) is 70.5 Å². The Kier molecular flexibility index (Phi) is 4.84. The lowest BCUT2D eigenvalue weighted by atomic mass is 10.2. The number of carbonyl (C=O) groups is 2. The average molecular weight is 288 g/mol. The first kappa shape index (κ1) is 15.7. The van der Waals surface area contributed by atoms with Crippen molar-refractivity contribution in [1.82, 2.24) is 9.88 Å². The van der Waals surface area contributed by atoms with Gasteiger partial charge in [-0.25, -0.2) is 0 Å². The molecule has 0 aromatic carbocycles. The van der Waals surface area contributed by atoms with Crippen molar-refractivity contribution in [3.05, 3.63) is 42.2 Å². The molecule has 1 amide bonds. The van der Waals surface area contributed by atoms with E-state index in [1.165, 1.54) is 6.08 Å². The van der Waals surface area contributed by atoms with Gasteiger partial charge in [0.05, 0.1) is 5.56 Å². The quantitative estimate of drug-likeness (QED) is 0.839. The number of amides is 1. The molecule has 1 heterocycles. The van der Waals surface area contributed by atoms with Gasteiger partial charge in [0.25, 0.3) is 5.91 Å². The van der Waals surface area contributed by atoms with Crippen molar-refractivity contribution in [1.29, 1.82) is 0 Å². The minimum atomic E-state index is -4.55. The highest BCUT2D eigenvalue weighted by atomic mass is 19.4. The molecule has 1 aromatic heterocycles. The number of carbonyl (C=O) groups excluding carboxylic acids is 1. The van der Waals surface area contributed by atoms with Crippen LogP contribution >= 0.6 is 0 Å². The maximum Gasteiger partial charge on any atom is 0.417 e. The van der Waals surface area contributed by atoms with Crippen LogP contribution in [-0.4, -0.2) is 40.0 Å². The second-order valence-electron chi connectivity index (χ2n) is 3.80. The van der Waals surface area contributed by atoms with Crippen LogP contribution in [0.25, 0.3) is 0 Å². The summed E-state index contributed by atoms with van der Waals surface area (Å²) in [4.78, 5) is 26.8. The van der Waals surface area contributed by atoms with Crippen LogP contribution in [0.3, 0.4) is 0 Å². The second kappa shape index (κ2) is 6.18. The molecule has 0 aliphatic heterocycles. The van der Waals surface area contributed by atoms with E-state index in [9.17, 15) is 22.8 Å². The van der Waals surface area contributed by atoms with Crippen LogP contribution in [0, 0.1) is 0 Å². The lowest BCUT2D eigenvalue weighted by Gasteiger charge is -2.18. The Morgan fingerprint density at radius 3 is 2.45 bits per heavy atom. The van der Waals surface area contributed by atoms with Crippen molar-refractivity contribution in [3.63, 3.8) is 0 Å². The second-order valence-corrected chi connectivity index (χ2v) is 3.80. The molecule has 0 aliphatic rings. The maximum absolute atomic E-state index is 12.3. The van der Waals surface area contributed by atoms with Crippen LogP contribution in [0.4, 0.5) is 13.2 Å². The van der Waals surface area contributed by atoms with E-state index in [4.69, 9.17) is 5.11 Å². The number of alkyl halides is 3. The first-order chi connectivity index (χ1) is 9.25. The van der Waals surface area contributed by atoms with Crippen LogP contribution < -0.4 is 0 Å². The molecule has 0 unspecified atom stereocenters. The first-order valence-electron chi connectivity index (χ1n) is 5.41. The molecular formula is C12H11F3N2O3. The van der Waals surface area contributed by atoms with Crippen molar-refractivity contribution in [2.45, 2.75) is 6.18 Å². The molecule has 0 saturated heterocycles. The third-order valence-corrected chi connectivity index (χ3v) is 2.27. The molecule has 108 valence electrons. The minimum Gasteiger partial charge on any atom is -0.480 e. The van der Waals surface area contributed by atoms with Crippen LogP contribution in [0.5, 0.6) is 0 Å². The normalized spacial score (nSPS) is 10.9. The molecule has 1 aromatic rings. The Balaban J connectivity index is 2.94. The Morgan fingerprint density at radius 1 is 1.40 bits per heavy atom. The fourth-order valence-corrected chi connectivity index (χ4v) is 1.39. The Labute approximate surface area is 112 Å². The zero-order valence-electron chi connectivity index (χ0n) is 10.2. The molecule has 20 heavy (non-hydrogen) atoms. The zero-order chi connectivity index (χ0) is 15.3. The molecule has 0 saturated carbocycles. The standard InChI is InChI=1S/C12H11F3N2O3/c1-2-5-17(7-10(18)19)11(20)9-4-3-8(6-16-9)12(13,14)15/h2-4,6H,1,5,7H2,(H,18,19). The predicted molar refractivity (Wildman–Crippen MR) is 63.0 cm³/mol. The highest BCUT2D eigenvalue weighted by Gasteiger charge is 2.31. The molecule has 0 aliphatic carbocycles. The molecule has 5 nitrogen and oxygen atoms in total. The number of hydrogen-bond acceptors (Lipinski definition) is 3. The lowest BCUT2D eigenvalue weighted by molar-refractivity contribution is -0.138. The Hall–Kier alpha value is -2.38. The number of halogens is 3. The molecular weight excluding hydrogens is 277 g/mol. The molecule has 1 N–H and O–H groups in total. The van der Waals surface area contributed by atoms with Gasteiger partial charge in [-0.15, -0.1) is 6.58 Å². The number of pyridine rings is 1. The summed E-state index contributed by atoms with van der Waals surface area (Å²) in [7, 11) is 0. The molecule has 0 spiro atoms. The van der Waals surface area contributed by atoms with Gasteiger partial charge in [-0.3, -0.25) is 14.6 Å². The van der Waals surface area contributed by atoms with Gasteiger partial charge in [0.15, 0.2) is 0 Å². The van der Waals surface area contributed by atoms with E-state index >= 15 is 0 Å². The average Bonchev–Trinajstić information content (AvgIpc) is 2.36. The van der Waals surface area contributed by atoms with Crippen LogP contribution in [0.2, 0.25) is 0 Å². The molecule has 0 fully saturated rings. The summed E-state index contributed by atoms with van der Waals surface area (Å²) in [6, 6.07) is 1.62. The monoisotopic (exact) mass is 288 g/mol. The minimum absolute atomic E-state index is 0.0478. The number of nitrogens with zero attached hydrogens (tertiary/aromatic N) is 2. The predicted octanol–water partition coefficient (Wildman–Crippen LogP) is 1.81. The fourth-order valence-electron chi connectivity index (χ4n) is 1.39. The third kappa shape index (κ3) is 4.08. The highest BCUT2D eigenvalue weighted by Crippen LogP contribution is 2.28. The molecule has 0 atom stereocenters. The summed E-state index contributed by atoms with van der Waals surface area (Å²) in [5, 5.41) is 8.66. The van der Waals surface area contributed by atoms with E-state index in [1.807, 2.05) is 0 Å². The summed E-state index contributed by atoms with van der Waals surface area (Å²) in [5.41, 5.74) is -1.25. The van der Waals surface area contributed by atoms with E-state index in [-0.39, 0.29) is 12.2 Å². The van der Waals surface area contributed by atoms with E-state index < -0.39 is 30.2 Å². The van der Waals surface area contributed by atoms with Gasteiger partial charge >= 0.3 is 12.1 Å². The summed E-state index contributed by atoms with van der Waals surface area (Å²) in [6.07, 6.45) is -2.71. The van der Waals surface area contributed by atoms with Gasteiger partial charge in [0, 0.05) is 12.7 Å².